The van der Waals surface area contributed by atoms with Crippen molar-refractivity contribution in [2.45, 2.75) is 13.3 Å². The van der Waals surface area contributed by atoms with Crippen molar-refractivity contribution in [1.82, 2.24) is 10.9 Å². The Bertz CT molecular complexity index is 975. The number of nitrogens with one attached hydrogen (secondary N) is 2. The molecule has 0 aliphatic carbocycles. The van der Waals surface area contributed by atoms with Gasteiger partial charge in [-0.25, -0.2) is 0 Å². The van der Waals surface area contributed by atoms with E-state index >= 15 is 0 Å². The number of fused-ring (bicyclic) bond motifs is 1. The van der Waals surface area contributed by atoms with Crippen LogP contribution in [0.4, 0.5) is 5.69 Å². The van der Waals surface area contributed by atoms with Crippen molar-refractivity contribution in [3.8, 4) is 11.5 Å². The highest BCUT2D eigenvalue weighted by atomic mass is 16.6. The molecule has 0 bridgehead atoms. The van der Waals surface area contributed by atoms with Gasteiger partial charge in [-0.2, -0.15) is 0 Å². The maximum atomic E-state index is 12.5. The van der Waals surface area contributed by atoms with Crippen LogP contribution in [0.5, 0.6) is 11.5 Å². The Labute approximate surface area is 167 Å². The quantitative estimate of drug-likeness (QED) is 0.769. The first-order chi connectivity index (χ1) is 14.0. The van der Waals surface area contributed by atoms with E-state index in [-0.39, 0.29) is 18.9 Å². The molecule has 2 aliphatic heterocycles. The molecule has 150 valence electrons. The molecule has 29 heavy (non-hydrogen) atoms. The summed E-state index contributed by atoms with van der Waals surface area (Å²) in [5.41, 5.74) is 6.79. The summed E-state index contributed by atoms with van der Waals surface area (Å²) < 4.78 is 11.1. The van der Waals surface area contributed by atoms with Gasteiger partial charge in [0, 0.05) is 30.3 Å². The Balaban J connectivity index is 1.38. The van der Waals surface area contributed by atoms with Crippen molar-refractivity contribution < 1.29 is 23.9 Å². The zero-order valence-corrected chi connectivity index (χ0v) is 15.9. The number of hydrogen-bond acceptors (Lipinski definition) is 5. The summed E-state index contributed by atoms with van der Waals surface area (Å²) in [5.74, 6) is -0.301. The van der Waals surface area contributed by atoms with Crippen molar-refractivity contribution in [2.24, 2.45) is 5.92 Å². The van der Waals surface area contributed by atoms with Gasteiger partial charge in [0.05, 0.1) is 5.92 Å². The molecule has 0 spiro atoms. The van der Waals surface area contributed by atoms with Gasteiger partial charge in [-0.3, -0.25) is 25.2 Å². The number of nitrogens with zero attached hydrogens (tertiary/aromatic N) is 1. The van der Waals surface area contributed by atoms with E-state index in [1.54, 1.807) is 35.2 Å². The fourth-order valence-electron chi connectivity index (χ4n) is 3.45. The van der Waals surface area contributed by atoms with Crippen molar-refractivity contribution in [3.05, 3.63) is 53.6 Å². The molecule has 1 atom stereocenters. The van der Waals surface area contributed by atoms with Crippen LogP contribution >= 0.6 is 0 Å². The van der Waals surface area contributed by atoms with Gasteiger partial charge < -0.3 is 14.4 Å². The number of rotatable bonds is 3. The Morgan fingerprint density at radius 2 is 1.79 bits per heavy atom. The summed E-state index contributed by atoms with van der Waals surface area (Å²) in [4.78, 5) is 38.7. The molecule has 1 fully saturated rings. The van der Waals surface area contributed by atoms with Gasteiger partial charge in [0.1, 0.15) is 13.2 Å². The summed E-state index contributed by atoms with van der Waals surface area (Å²) >= 11 is 0. The standard InChI is InChI=1S/C21H21N3O5/c1-13-4-2-3-5-16(13)21(27)23-22-20(26)14-10-19(25)24(12-14)15-6-7-17-18(11-15)29-9-8-28-17/h2-7,11,14H,8-10,12H2,1H3,(H,22,26)(H,23,27)/t14-/m1/s1. The number of carbonyl (C=O) groups excluding carboxylic acids is 3. The summed E-state index contributed by atoms with van der Waals surface area (Å²) in [6.45, 7) is 2.99. The molecule has 0 unspecified atom stereocenters. The van der Waals surface area contributed by atoms with E-state index in [1.807, 2.05) is 19.1 Å². The molecule has 0 saturated carbocycles. The van der Waals surface area contributed by atoms with Crippen LogP contribution in [-0.2, 0) is 9.59 Å². The summed E-state index contributed by atoms with van der Waals surface area (Å²) in [7, 11) is 0. The predicted octanol–water partition coefficient (Wildman–Crippen LogP) is 1.58. The van der Waals surface area contributed by atoms with E-state index < -0.39 is 17.7 Å². The molecule has 1 saturated heterocycles. The number of carbonyl (C=O) groups is 3. The van der Waals surface area contributed by atoms with Gasteiger partial charge in [0.2, 0.25) is 11.8 Å². The summed E-state index contributed by atoms with van der Waals surface area (Å²) in [6, 6.07) is 12.4. The molecule has 2 aromatic rings. The zero-order valence-electron chi connectivity index (χ0n) is 15.9. The van der Waals surface area contributed by atoms with Crippen LogP contribution < -0.4 is 25.2 Å². The van der Waals surface area contributed by atoms with Gasteiger partial charge in [0.25, 0.3) is 5.91 Å². The SMILES string of the molecule is Cc1ccccc1C(=O)NNC(=O)[C@@H]1CC(=O)N(c2ccc3c(c2)OCCO3)C1. The zero-order chi connectivity index (χ0) is 20.4. The van der Waals surface area contributed by atoms with E-state index in [2.05, 4.69) is 10.9 Å². The number of hydrazine groups is 1. The Hall–Kier alpha value is -3.55. The third-order valence-corrected chi connectivity index (χ3v) is 5.02. The van der Waals surface area contributed by atoms with E-state index in [0.29, 0.717) is 36.0 Å². The van der Waals surface area contributed by atoms with Crippen LogP contribution in [-0.4, -0.2) is 37.5 Å². The highest BCUT2D eigenvalue weighted by Crippen LogP contribution is 2.35. The summed E-state index contributed by atoms with van der Waals surface area (Å²) in [5, 5.41) is 0. The van der Waals surface area contributed by atoms with E-state index in [4.69, 9.17) is 9.47 Å². The first kappa shape index (κ1) is 18.8. The minimum atomic E-state index is -0.562. The van der Waals surface area contributed by atoms with E-state index in [9.17, 15) is 14.4 Å². The normalized spacial score (nSPS) is 17.8. The lowest BCUT2D eigenvalue weighted by molar-refractivity contribution is -0.126. The van der Waals surface area contributed by atoms with Crippen LogP contribution in [0.1, 0.15) is 22.3 Å². The number of anilines is 1. The molecule has 2 aliphatic rings. The largest absolute Gasteiger partial charge is 0.486 e. The van der Waals surface area contributed by atoms with Crippen molar-refractivity contribution in [1.29, 1.82) is 0 Å². The van der Waals surface area contributed by atoms with Gasteiger partial charge in [0.15, 0.2) is 11.5 Å². The fraction of sp³-hybridized carbons (Fsp3) is 0.286. The summed E-state index contributed by atoms with van der Waals surface area (Å²) in [6.07, 6.45) is 0.0700. The Kier molecular flexibility index (Phi) is 5.07. The first-order valence-electron chi connectivity index (χ1n) is 9.39. The lowest BCUT2D eigenvalue weighted by Gasteiger charge is -2.22. The van der Waals surface area contributed by atoms with Crippen LogP contribution in [0.2, 0.25) is 0 Å². The number of aryl methyl sites for hydroxylation is 1. The van der Waals surface area contributed by atoms with Gasteiger partial charge in [-0.05, 0) is 30.7 Å². The highest BCUT2D eigenvalue weighted by molar-refractivity contribution is 6.01. The maximum Gasteiger partial charge on any atom is 0.269 e. The average molecular weight is 395 g/mol. The lowest BCUT2D eigenvalue weighted by Crippen LogP contribution is -2.45. The smallest absolute Gasteiger partial charge is 0.269 e. The van der Waals surface area contributed by atoms with Gasteiger partial charge in [-0.15, -0.1) is 0 Å². The number of hydrogen-bond donors (Lipinski definition) is 2. The van der Waals surface area contributed by atoms with Gasteiger partial charge in [-0.1, -0.05) is 18.2 Å². The van der Waals surface area contributed by atoms with Gasteiger partial charge >= 0.3 is 0 Å². The van der Waals surface area contributed by atoms with Crippen molar-refractivity contribution in [3.63, 3.8) is 0 Å². The number of benzene rings is 2. The first-order valence-corrected chi connectivity index (χ1v) is 9.39. The second-order valence-electron chi connectivity index (χ2n) is 6.99. The monoisotopic (exact) mass is 395 g/mol. The average Bonchev–Trinajstić information content (AvgIpc) is 3.13. The molecule has 4 rings (SSSR count). The molecular formula is C21H21N3O5. The number of ether oxygens (including phenoxy) is 2. The molecule has 8 heteroatoms. The molecule has 3 amide bonds. The maximum absolute atomic E-state index is 12.5. The Morgan fingerprint density at radius 1 is 1.03 bits per heavy atom. The molecule has 2 heterocycles. The third kappa shape index (κ3) is 3.87. The van der Waals surface area contributed by atoms with Crippen LogP contribution in [0, 0.1) is 12.8 Å². The third-order valence-electron chi connectivity index (χ3n) is 5.02. The second kappa shape index (κ2) is 7.83. The minimum absolute atomic E-state index is 0.0700. The molecule has 8 nitrogen and oxygen atoms in total. The second-order valence-corrected chi connectivity index (χ2v) is 6.99. The van der Waals surface area contributed by atoms with Crippen molar-refractivity contribution >= 4 is 23.4 Å². The highest BCUT2D eigenvalue weighted by Gasteiger charge is 2.35. The van der Waals surface area contributed by atoms with Crippen LogP contribution in [0.3, 0.4) is 0 Å². The topological polar surface area (TPSA) is 97.0 Å². The van der Waals surface area contributed by atoms with E-state index in [0.717, 1.165) is 5.56 Å². The minimum Gasteiger partial charge on any atom is -0.486 e. The molecule has 2 N–H and O–H groups in total. The van der Waals surface area contributed by atoms with Crippen LogP contribution in [0.25, 0.3) is 0 Å². The Morgan fingerprint density at radius 3 is 2.59 bits per heavy atom. The number of amides is 3. The van der Waals surface area contributed by atoms with Crippen molar-refractivity contribution in [2.75, 3.05) is 24.7 Å². The predicted molar refractivity (Wildman–Crippen MR) is 105 cm³/mol. The fourth-order valence-corrected chi connectivity index (χ4v) is 3.45. The lowest BCUT2D eigenvalue weighted by atomic mass is 10.1. The van der Waals surface area contributed by atoms with E-state index in [1.165, 1.54) is 0 Å². The molecule has 0 aromatic heterocycles. The molecule has 2 aromatic carbocycles. The molecule has 0 radical (unpaired) electrons. The molecular weight excluding hydrogens is 374 g/mol. The van der Waals surface area contributed by atoms with Crippen LogP contribution in [0.15, 0.2) is 42.5 Å².